The second-order valence-corrected chi connectivity index (χ2v) is 11.0. The lowest BCUT2D eigenvalue weighted by molar-refractivity contribution is -0.161. The maximum absolute atomic E-state index is 14.0. The number of methoxy groups -OCH3 is 1. The third-order valence-electron chi connectivity index (χ3n) is 8.69. The first kappa shape index (κ1) is 27.9. The number of hydrogen-bond acceptors (Lipinski definition) is 9. The van der Waals surface area contributed by atoms with Crippen LogP contribution in [0.1, 0.15) is 40.0 Å². The van der Waals surface area contributed by atoms with Gasteiger partial charge in [0.05, 0.1) is 23.7 Å². The summed E-state index contributed by atoms with van der Waals surface area (Å²) in [5.41, 5.74) is -0.987. The quantitative estimate of drug-likeness (QED) is 0.279. The van der Waals surface area contributed by atoms with E-state index in [1.165, 1.54) is 14.0 Å². The molecule has 206 valence electrons. The third kappa shape index (κ3) is 4.12. The minimum atomic E-state index is -1.24. The summed E-state index contributed by atoms with van der Waals surface area (Å²) in [6, 6.07) is 0. The van der Waals surface area contributed by atoms with Crippen molar-refractivity contribution >= 4 is 17.7 Å². The van der Waals surface area contributed by atoms with Gasteiger partial charge in [0.1, 0.15) is 12.2 Å². The zero-order chi connectivity index (χ0) is 28.0. The monoisotopic (exact) mass is 527 g/mol. The number of hydrogen-bond donors (Lipinski definition) is 2. The largest absolute Gasteiger partial charge is 0.504 e. The maximum atomic E-state index is 14.0. The van der Waals surface area contributed by atoms with Crippen LogP contribution in [0, 0.1) is 16.7 Å². The van der Waals surface area contributed by atoms with Crippen molar-refractivity contribution in [1.29, 1.82) is 0 Å². The number of aliphatic hydroxyl groups excluding tert-OH is 2. The number of aliphatic hydroxyl groups is 2. The lowest BCUT2D eigenvalue weighted by Crippen LogP contribution is -2.57. The van der Waals surface area contributed by atoms with Crippen LogP contribution in [0.5, 0.6) is 0 Å². The number of rotatable bonds is 8. The van der Waals surface area contributed by atoms with Crippen molar-refractivity contribution in [3.8, 4) is 0 Å². The second-order valence-electron chi connectivity index (χ2n) is 11.0. The summed E-state index contributed by atoms with van der Waals surface area (Å²) in [6.45, 7) is 13.2. The summed E-state index contributed by atoms with van der Waals surface area (Å²) >= 11 is 0. The molecule has 0 spiro atoms. The minimum Gasteiger partial charge on any atom is -0.504 e. The van der Waals surface area contributed by atoms with Gasteiger partial charge in [-0.15, -0.1) is 13.2 Å². The molecule has 1 heterocycles. The Morgan fingerprint density at radius 2 is 1.87 bits per heavy atom. The molecule has 0 aromatic rings. The molecule has 0 bridgehead atoms. The van der Waals surface area contributed by atoms with E-state index in [2.05, 4.69) is 13.2 Å². The average molecular weight is 528 g/mol. The van der Waals surface area contributed by atoms with Gasteiger partial charge in [-0.3, -0.25) is 9.59 Å². The number of ketones is 1. The van der Waals surface area contributed by atoms with E-state index >= 15 is 0 Å². The fourth-order valence-corrected chi connectivity index (χ4v) is 6.97. The van der Waals surface area contributed by atoms with Gasteiger partial charge in [-0.05, 0) is 37.7 Å². The van der Waals surface area contributed by atoms with E-state index in [9.17, 15) is 24.6 Å². The molecule has 38 heavy (non-hydrogen) atoms. The summed E-state index contributed by atoms with van der Waals surface area (Å²) in [4.78, 5) is 41.4. The van der Waals surface area contributed by atoms with Crippen LogP contribution in [-0.4, -0.2) is 78.0 Å². The first-order chi connectivity index (χ1) is 17.9. The lowest BCUT2D eigenvalue weighted by Gasteiger charge is -2.54. The molecular formula is C29H37NO8. The molecular weight excluding hydrogens is 490 g/mol. The fourth-order valence-electron chi connectivity index (χ4n) is 6.97. The molecule has 2 fully saturated rings. The zero-order valence-electron chi connectivity index (χ0n) is 22.5. The minimum absolute atomic E-state index is 0.0162. The summed E-state index contributed by atoms with van der Waals surface area (Å²) in [5.74, 6) is -2.77. The predicted molar refractivity (Wildman–Crippen MR) is 139 cm³/mol. The van der Waals surface area contributed by atoms with E-state index in [1.807, 2.05) is 6.92 Å². The van der Waals surface area contributed by atoms with Crippen molar-refractivity contribution in [3.63, 3.8) is 0 Å². The molecule has 2 N–H and O–H groups in total. The molecule has 3 aliphatic carbocycles. The molecule has 1 saturated heterocycles. The number of nitrogens with zero attached hydrogens (tertiary/aromatic N) is 1. The van der Waals surface area contributed by atoms with Gasteiger partial charge in [-0.25, -0.2) is 4.79 Å². The summed E-state index contributed by atoms with van der Waals surface area (Å²) < 4.78 is 17.2. The molecule has 0 amide bonds. The van der Waals surface area contributed by atoms with Gasteiger partial charge in [-0.2, -0.15) is 0 Å². The maximum Gasteiger partial charge on any atom is 0.340 e. The van der Waals surface area contributed by atoms with Gasteiger partial charge >= 0.3 is 11.9 Å². The van der Waals surface area contributed by atoms with Crippen LogP contribution in [0.15, 0.2) is 59.6 Å². The number of esters is 2. The highest BCUT2D eigenvalue weighted by atomic mass is 16.6. The Bertz CT molecular complexity index is 1160. The van der Waals surface area contributed by atoms with Crippen molar-refractivity contribution < 1.29 is 38.8 Å². The Morgan fingerprint density at radius 3 is 2.45 bits per heavy atom. The first-order valence-electron chi connectivity index (χ1n) is 12.9. The molecule has 6 atom stereocenters. The van der Waals surface area contributed by atoms with Crippen molar-refractivity contribution in [1.82, 2.24) is 4.90 Å². The Labute approximate surface area is 223 Å². The Kier molecular flexibility index (Phi) is 7.47. The number of carbonyl (C=O) groups is 3. The second kappa shape index (κ2) is 10.2. The molecule has 0 unspecified atom stereocenters. The highest BCUT2D eigenvalue weighted by Gasteiger charge is 2.64. The van der Waals surface area contributed by atoms with E-state index in [4.69, 9.17) is 14.2 Å². The van der Waals surface area contributed by atoms with Gasteiger partial charge in [0.25, 0.3) is 0 Å². The molecule has 0 aromatic carbocycles. The van der Waals surface area contributed by atoms with E-state index in [-0.39, 0.29) is 23.7 Å². The Hall–Kier alpha value is -3.17. The Balaban J connectivity index is 2.01. The molecule has 9 nitrogen and oxygen atoms in total. The van der Waals surface area contributed by atoms with Crippen molar-refractivity contribution in [2.45, 2.75) is 58.3 Å². The fraction of sp³-hybridized carbons (Fsp3) is 0.552. The SMILES string of the molecule is C=CCN(C=C1C(=O)O[C@H](COC)[C@@]2(C)C1=C(O)C(=O)C1=C2[C@H](OC(C)=O)C[C@]2(C)[C@@H](O)CC[C@@H]12)CC=C. The van der Waals surface area contributed by atoms with Crippen molar-refractivity contribution in [3.05, 3.63) is 59.6 Å². The van der Waals surface area contributed by atoms with Crippen LogP contribution in [-0.2, 0) is 28.6 Å². The number of carbonyl (C=O) groups excluding carboxylic acids is 3. The molecule has 1 saturated carbocycles. The van der Waals surface area contributed by atoms with E-state index in [0.29, 0.717) is 43.5 Å². The number of allylic oxidation sites excluding steroid dienone is 1. The van der Waals surface area contributed by atoms with Gasteiger partial charge in [0.2, 0.25) is 5.78 Å². The standard InChI is InChI=1S/C29H37NO8/c1-7-11-30(12-8-2)14-17-23-26(34)25(33)22-18-9-10-20(32)28(18,4)13-19(37-16(3)31)24(22)29(23,5)21(15-36-6)38-27(17)35/h7-8,14,18-21,32,34H,1-2,9-13,15H2,3-6H3/t18-,19+,20-,21+,28-,29-/m0/s1. The highest BCUT2D eigenvalue weighted by Crippen LogP contribution is 2.63. The molecule has 0 aromatic heterocycles. The first-order valence-corrected chi connectivity index (χ1v) is 12.9. The predicted octanol–water partition coefficient (Wildman–Crippen LogP) is 2.93. The van der Waals surface area contributed by atoms with Crippen LogP contribution in [0.3, 0.4) is 0 Å². The number of ether oxygens (including phenoxy) is 3. The van der Waals surface area contributed by atoms with Gasteiger partial charge in [0, 0.05) is 49.9 Å². The van der Waals surface area contributed by atoms with Crippen LogP contribution in [0.2, 0.25) is 0 Å². The van der Waals surface area contributed by atoms with Crippen LogP contribution in [0.25, 0.3) is 0 Å². The van der Waals surface area contributed by atoms with Crippen molar-refractivity contribution in [2.75, 3.05) is 26.8 Å². The zero-order valence-corrected chi connectivity index (χ0v) is 22.5. The summed E-state index contributed by atoms with van der Waals surface area (Å²) in [7, 11) is 1.47. The summed E-state index contributed by atoms with van der Waals surface area (Å²) in [5, 5.41) is 22.5. The van der Waals surface area contributed by atoms with Gasteiger partial charge < -0.3 is 29.3 Å². The number of fused-ring (bicyclic) bond motifs is 4. The average Bonchev–Trinajstić information content (AvgIpc) is 3.13. The topological polar surface area (TPSA) is 123 Å². The van der Waals surface area contributed by atoms with Gasteiger partial charge in [-0.1, -0.05) is 19.1 Å². The lowest BCUT2D eigenvalue weighted by atomic mass is 9.53. The highest BCUT2D eigenvalue weighted by molar-refractivity contribution is 6.13. The third-order valence-corrected chi connectivity index (χ3v) is 8.69. The molecule has 4 aliphatic rings. The van der Waals surface area contributed by atoms with Crippen LogP contribution in [0.4, 0.5) is 0 Å². The summed E-state index contributed by atoms with van der Waals surface area (Å²) in [6.07, 6.45) is 3.69. The van der Waals surface area contributed by atoms with Gasteiger partial charge in [0.15, 0.2) is 5.76 Å². The van der Waals surface area contributed by atoms with Crippen LogP contribution >= 0.6 is 0 Å². The molecule has 1 aliphatic heterocycles. The van der Waals surface area contributed by atoms with Crippen molar-refractivity contribution in [2.24, 2.45) is 16.7 Å². The molecule has 0 radical (unpaired) electrons. The van der Waals surface area contributed by atoms with E-state index < -0.39 is 52.6 Å². The molecule has 9 heteroatoms. The van der Waals surface area contributed by atoms with E-state index in [0.717, 1.165) is 0 Å². The van der Waals surface area contributed by atoms with E-state index in [1.54, 1.807) is 30.2 Å². The Morgan fingerprint density at radius 1 is 1.21 bits per heavy atom. The van der Waals surface area contributed by atoms with Crippen LogP contribution < -0.4 is 0 Å². The number of cyclic esters (lactones) is 1. The number of Topliss-reactive ketones (excluding diaryl/α,β-unsaturated/α-hetero) is 1. The molecule has 4 rings (SSSR count). The normalized spacial score (nSPS) is 35.3. The smallest absolute Gasteiger partial charge is 0.340 e.